The molecule has 2 aromatic carbocycles. The maximum absolute atomic E-state index is 12.7. The summed E-state index contributed by atoms with van der Waals surface area (Å²) in [5, 5.41) is 2.35. The Hall–Kier alpha value is -3.74. The van der Waals surface area contributed by atoms with E-state index in [0.717, 1.165) is 29.4 Å². The largest absolute Gasteiger partial charge is 0.467 e. The van der Waals surface area contributed by atoms with Crippen molar-refractivity contribution < 1.29 is 23.9 Å². The molecule has 150 valence electrons. The molecule has 0 aliphatic heterocycles. The molecule has 0 aliphatic carbocycles. The molecule has 0 spiro atoms. The topological polar surface area (TPSA) is 92.8 Å². The van der Waals surface area contributed by atoms with Gasteiger partial charge in [0.25, 0.3) is 11.8 Å². The Morgan fingerprint density at radius 1 is 0.931 bits per heavy atom. The quantitative estimate of drug-likeness (QED) is 0.336. The summed E-state index contributed by atoms with van der Waals surface area (Å²) >= 11 is 0. The average Bonchev–Trinajstić information content (AvgIpc) is 2.77. The summed E-state index contributed by atoms with van der Waals surface area (Å²) in [6.07, 6.45) is 4.54. The molecule has 1 N–H and O–H groups in total. The van der Waals surface area contributed by atoms with E-state index in [1.165, 1.54) is 14.1 Å². The molecule has 7 heteroatoms. The van der Waals surface area contributed by atoms with Gasteiger partial charge in [-0.2, -0.15) is 0 Å². The zero-order valence-corrected chi connectivity index (χ0v) is 16.4. The number of ether oxygens (including phenoxy) is 1. The maximum Gasteiger partial charge on any atom is 0.338 e. The molecular weight excluding hydrogens is 372 g/mol. The van der Waals surface area contributed by atoms with Gasteiger partial charge in [-0.3, -0.25) is 14.4 Å². The van der Waals surface area contributed by atoms with E-state index in [1.807, 2.05) is 24.3 Å². The van der Waals surface area contributed by atoms with Crippen molar-refractivity contribution in [3.05, 3.63) is 70.8 Å². The minimum Gasteiger partial charge on any atom is -0.467 e. The number of amides is 2. The number of aldehydes is 1. The SMILES string of the molecule is CNC(=O)C(C(=O)OC)N(C)C(=O)c1ccc(/C=C/c2ccc(C=O)cc2)cc1. The molecule has 1 atom stereocenters. The van der Waals surface area contributed by atoms with E-state index in [1.54, 1.807) is 36.4 Å². The van der Waals surface area contributed by atoms with Gasteiger partial charge in [-0.1, -0.05) is 48.6 Å². The predicted molar refractivity (Wildman–Crippen MR) is 109 cm³/mol. The summed E-state index contributed by atoms with van der Waals surface area (Å²) in [6, 6.07) is 12.5. The molecule has 0 saturated heterocycles. The van der Waals surface area contributed by atoms with Gasteiger partial charge in [-0.05, 0) is 23.3 Å². The van der Waals surface area contributed by atoms with Crippen LogP contribution in [0, 0.1) is 0 Å². The first kappa shape index (κ1) is 21.6. The van der Waals surface area contributed by atoms with Crippen LogP contribution in [-0.2, 0) is 14.3 Å². The second-order valence-electron chi connectivity index (χ2n) is 6.20. The van der Waals surface area contributed by atoms with Crippen molar-refractivity contribution in [1.29, 1.82) is 0 Å². The van der Waals surface area contributed by atoms with Crippen molar-refractivity contribution in [1.82, 2.24) is 10.2 Å². The predicted octanol–water partition coefficient (Wildman–Crippen LogP) is 2.03. The summed E-state index contributed by atoms with van der Waals surface area (Å²) in [6.45, 7) is 0. The molecule has 0 heterocycles. The van der Waals surface area contributed by atoms with Crippen LogP contribution in [0.5, 0.6) is 0 Å². The van der Waals surface area contributed by atoms with Crippen molar-refractivity contribution in [2.75, 3.05) is 21.2 Å². The first-order valence-corrected chi connectivity index (χ1v) is 8.81. The number of benzene rings is 2. The van der Waals surface area contributed by atoms with Gasteiger partial charge in [0.05, 0.1) is 7.11 Å². The van der Waals surface area contributed by atoms with Crippen LogP contribution in [0.1, 0.15) is 31.8 Å². The molecule has 1 unspecified atom stereocenters. The standard InChI is InChI=1S/C22H22N2O5/c1-23-20(26)19(22(28)29-3)24(2)21(27)18-12-10-16(11-13-18)5-4-15-6-8-17(14-25)9-7-15/h4-14,19H,1-3H3,(H,23,26)/b5-4+. The van der Waals surface area contributed by atoms with Gasteiger partial charge in [-0.15, -0.1) is 0 Å². The van der Waals surface area contributed by atoms with E-state index in [9.17, 15) is 19.2 Å². The van der Waals surface area contributed by atoms with Crippen LogP contribution in [0.2, 0.25) is 0 Å². The molecule has 7 nitrogen and oxygen atoms in total. The first-order chi connectivity index (χ1) is 13.9. The van der Waals surface area contributed by atoms with E-state index in [2.05, 4.69) is 10.1 Å². The fraction of sp³-hybridized carbons (Fsp3) is 0.182. The van der Waals surface area contributed by atoms with Crippen molar-refractivity contribution in [3.63, 3.8) is 0 Å². The van der Waals surface area contributed by atoms with Crippen LogP contribution in [0.25, 0.3) is 12.2 Å². The third-order valence-electron chi connectivity index (χ3n) is 4.33. The molecule has 2 aromatic rings. The molecule has 29 heavy (non-hydrogen) atoms. The minimum absolute atomic E-state index is 0.331. The number of esters is 1. The highest BCUT2D eigenvalue weighted by Crippen LogP contribution is 2.13. The zero-order chi connectivity index (χ0) is 21.4. The summed E-state index contributed by atoms with van der Waals surface area (Å²) < 4.78 is 4.63. The Kier molecular flexibility index (Phi) is 7.42. The Balaban J connectivity index is 2.14. The highest BCUT2D eigenvalue weighted by atomic mass is 16.5. The molecule has 0 fully saturated rings. The molecule has 0 saturated carbocycles. The summed E-state index contributed by atoms with van der Waals surface area (Å²) in [5.41, 5.74) is 2.73. The number of carbonyl (C=O) groups is 4. The Labute approximate surface area is 169 Å². The molecule has 2 amide bonds. The monoisotopic (exact) mass is 394 g/mol. The van der Waals surface area contributed by atoms with Crippen molar-refractivity contribution in [2.45, 2.75) is 6.04 Å². The van der Waals surface area contributed by atoms with Crippen molar-refractivity contribution in [2.24, 2.45) is 0 Å². The van der Waals surface area contributed by atoms with Gasteiger partial charge in [0.1, 0.15) is 6.29 Å². The van der Waals surface area contributed by atoms with E-state index >= 15 is 0 Å². The number of nitrogens with zero attached hydrogens (tertiary/aromatic N) is 1. The first-order valence-electron chi connectivity index (χ1n) is 8.81. The molecular formula is C22H22N2O5. The van der Waals surface area contributed by atoms with Gasteiger partial charge in [-0.25, -0.2) is 4.79 Å². The number of carbonyl (C=O) groups excluding carboxylic acids is 4. The number of nitrogens with one attached hydrogen (secondary N) is 1. The van der Waals surface area contributed by atoms with Gasteiger partial charge < -0.3 is 15.0 Å². The molecule has 0 bridgehead atoms. The second-order valence-corrected chi connectivity index (χ2v) is 6.20. The molecule has 0 aromatic heterocycles. The lowest BCUT2D eigenvalue weighted by atomic mass is 10.1. The normalized spacial score (nSPS) is 11.6. The minimum atomic E-state index is -1.37. The van der Waals surface area contributed by atoms with E-state index in [0.29, 0.717) is 11.1 Å². The highest BCUT2D eigenvalue weighted by molar-refractivity contribution is 6.07. The van der Waals surface area contributed by atoms with Crippen molar-refractivity contribution >= 4 is 36.2 Å². The van der Waals surface area contributed by atoms with Crippen LogP contribution in [0.15, 0.2) is 48.5 Å². The van der Waals surface area contributed by atoms with Crippen LogP contribution >= 0.6 is 0 Å². The van der Waals surface area contributed by atoms with Gasteiger partial charge in [0.2, 0.25) is 6.04 Å². The van der Waals surface area contributed by atoms with Crippen LogP contribution in [0.3, 0.4) is 0 Å². The third-order valence-corrected chi connectivity index (χ3v) is 4.33. The summed E-state index contributed by atoms with van der Waals surface area (Å²) in [4.78, 5) is 48.3. The fourth-order valence-electron chi connectivity index (χ4n) is 2.63. The van der Waals surface area contributed by atoms with Crippen molar-refractivity contribution in [3.8, 4) is 0 Å². The number of hydrogen-bond acceptors (Lipinski definition) is 5. The summed E-state index contributed by atoms with van der Waals surface area (Å²) in [5.74, 6) is -1.93. The van der Waals surface area contributed by atoms with Gasteiger partial charge >= 0.3 is 5.97 Å². The molecule has 0 aliphatic rings. The van der Waals surface area contributed by atoms with E-state index in [4.69, 9.17) is 0 Å². The van der Waals surface area contributed by atoms with E-state index in [-0.39, 0.29) is 0 Å². The van der Waals surface area contributed by atoms with Crippen LogP contribution in [0.4, 0.5) is 0 Å². The lowest BCUT2D eigenvalue weighted by molar-refractivity contribution is -0.150. The smallest absolute Gasteiger partial charge is 0.338 e. The molecule has 2 rings (SSSR count). The zero-order valence-electron chi connectivity index (χ0n) is 16.4. The summed E-state index contributed by atoms with van der Waals surface area (Å²) in [7, 11) is 3.91. The number of methoxy groups -OCH3 is 1. The lowest BCUT2D eigenvalue weighted by Gasteiger charge is -2.24. The average molecular weight is 394 g/mol. The Bertz CT molecular complexity index is 901. The Morgan fingerprint density at radius 3 is 1.86 bits per heavy atom. The van der Waals surface area contributed by atoms with Gasteiger partial charge in [0.15, 0.2) is 0 Å². The van der Waals surface area contributed by atoms with E-state index < -0.39 is 23.8 Å². The molecule has 0 radical (unpaired) electrons. The number of rotatable bonds is 7. The third kappa shape index (κ3) is 5.38. The fourth-order valence-corrected chi connectivity index (χ4v) is 2.63. The second kappa shape index (κ2) is 9.98. The van der Waals surface area contributed by atoms with Crippen LogP contribution < -0.4 is 5.32 Å². The maximum atomic E-state index is 12.7. The number of hydrogen-bond donors (Lipinski definition) is 1. The van der Waals surface area contributed by atoms with Crippen LogP contribution in [-0.4, -0.2) is 56.2 Å². The highest BCUT2D eigenvalue weighted by Gasteiger charge is 2.34. The number of likely N-dealkylation sites (N-methyl/N-ethyl adjacent to an activating group) is 2. The lowest BCUT2D eigenvalue weighted by Crippen LogP contribution is -2.51. The van der Waals surface area contributed by atoms with Gasteiger partial charge in [0, 0.05) is 25.2 Å². The Morgan fingerprint density at radius 2 is 1.41 bits per heavy atom.